The first-order chi connectivity index (χ1) is 11.3. The monoisotopic (exact) mass is 336 g/mol. The normalized spacial score (nSPS) is 35.8. The number of hydrogen-bond donors (Lipinski definition) is 1. The minimum Gasteiger partial charge on any atom is -0.480 e. The van der Waals surface area contributed by atoms with Crippen molar-refractivity contribution in [2.24, 2.45) is 5.92 Å². The first-order valence-electron chi connectivity index (χ1n) is 7.40. The predicted molar refractivity (Wildman–Crippen MR) is 76.8 cm³/mol. The van der Waals surface area contributed by atoms with E-state index in [1.54, 1.807) is 0 Å². The molecule has 1 saturated carbocycles. The van der Waals surface area contributed by atoms with E-state index in [0.717, 1.165) is 12.2 Å². The fourth-order valence-corrected chi connectivity index (χ4v) is 2.96. The molecule has 8 nitrogen and oxygen atoms in total. The molecular formula is C16H16O8. The number of carbonyl (C=O) groups excluding carboxylic acids is 3. The first-order valence-corrected chi connectivity index (χ1v) is 7.40. The van der Waals surface area contributed by atoms with Gasteiger partial charge in [-0.3, -0.25) is 9.59 Å². The van der Waals surface area contributed by atoms with Crippen LogP contribution in [0.1, 0.15) is 25.7 Å². The molecule has 0 aromatic carbocycles. The van der Waals surface area contributed by atoms with Crippen molar-refractivity contribution in [2.75, 3.05) is 0 Å². The minimum atomic E-state index is -1.41. The highest BCUT2D eigenvalue weighted by Crippen LogP contribution is 2.45. The van der Waals surface area contributed by atoms with Crippen LogP contribution in [0.5, 0.6) is 0 Å². The average molecular weight is 336 g/mol. The SMILES string of the molecule is C=CC1=C(O)OC2(CCC3(CC2)OC(=O)C(C=C)C(=O)O3)OC1=O. The van der Waals surface area contributed by atoms with Gasteiger partial charge in [0.15, 0.2) is 5.92 Å². The molecule has 0 aromatic heterocycles. The van der Waals surface area contributed by atoms with Gasteiger partial charge >= 0.3 is 17.9 Å². The smallest absolute Gasteiger partial charge is 0.348 e. The van der Waals surface area contributed by atoms with Crippen molar-refractivity contribution in [2.45, 2.75) is 37.3 Å². The van der Waals surface area contributed by atoms with Gasteiger partial charge in [-0.05, 0) is 6.08 Å². The third-order valence-electron chi connectivity index (χ3n) is 4.31. The van der Waals surface area contributed by atoms with Crippen molar-refractivity contribution in [3.63, 3.8) is 0 Å². The van der Waals surface area contributed by atoms with E-state index in [-0.39, 0.29) is 31.3 Å². The Balaban J connectivity index is 1.75. The minimum absolute atomic E-state index is 0.0678. The fraction of sp³-hybridized carbons (Fsp3) is 0.438. The predicted octanol–water partition coefficient (Wildman–Crippen LogP) is 1.38. The molecule has 2 aliphatic heterocycles. The molecule has 2 spiro atoms. The second-order valence-electron chi connectivity index (χ2n) is 5.79. The molecule has 0 bridgehead atoms. The number of hydrogen-bond acceptors (Lipinski definition) is 8. The van der Waals surface area contributed by atoms with E-state index in [1.165, 1.54) is 0 Å². The summed E-state index contributed by atoms with van der Waals surface area (Å²) in [6.45, 7) is 6.80. The molecule has 3 rings (SSSR count). The van der Waals surface area contributed by atoms with Crippen LogP contribution in [-0.2, 0) is 33.3 Å². The molecule has 8 heteroatoms. The van der Waals surface area contributed by atoms with Gasteiger partial charge in [0.25, 0.3) is 17.5 Å². The summed E-state index contributed by atoms with van der Waals surface area (Å²) in [5, 5.41) is 9.81. The Morgan fingerprint density at radius 3 is 1.83 bits per heavy atom. The van der Waals surface area contributed by atoms with Gasteiger partial charge in [-0.2, -0.15) is 0 Å². The summed E-state index contributed by atoms with van der Waals surface area (Å²) in [6, 6.07) is 0. The summed E-state index contributed by atoms with van der Waals surface area (Å²) in [6.07, 6.45) is 2.58. The summed E-state index contributed by atoms with van der Waals surface area (Å²) in [7, 11) is 0. The van der Waals surface area contributed by atoms with Gasteiger partial charge in [0.05, 0.1) is 0 Å². The lowest BCUT2D eigenvalue weighted by molar-refractivity contribution is -0.302. The van der Waals surface area contributed by atoms with Crippen LogP contribution >= 0.6 is 0 Å². The molecule has 0 amide bonds. The zero-order chi connectivity index (χ0) is 17.5. The Morgan fingerprint density at radius 2 is 1.42 bits per heavy atom. The van der Waals surface area contributed by atoms with Crippen LogP contribution in [0.3, 0.4) is 0 Å². The van der Waals surface area contributed by atoms with E-state index in [2.05, 4.69) is 13.2 Å². The molecular weight excluding hydrogens is 320 g/mol. The van der Waals surface area contributed by atoms with Crippen molar-refractivity contribution >= 4 is 17.9 Å². The lowest BCUT2D eigenvalue weighted by Crippen LogP contribution is -2.55. The highest BCUT2D eigenvalue weighted by molar-refractivity contribution is 5.98. The topological polar surface area (TPSA) is 108 Å². The standard InChI is InChI=1S/C16H16O8/c1-3-9-11(17)21-15(22-12(9)18)5-7-16(8-6-15)23-13(19)10(4-2)14(20)24-16/h3-4,9,19H,1-2,5-8H2. The molecule has 128 valence electrons. The number of esters is 3. The number of rotatable bonds is 2. The summed E-state index contributed by atoms with van der Waals surface area (Å²) >= 11 is 0. The lowest BCUT2D eigenvalue weighted by atomic mass is 9.87. The Hall–Kier alpha value is -2.77. The van der Waals surface area contributed by atoms with Crippen LogP contribution in [0.4, 0.5) is 0 Å². The van der Waals surface area contributed by atoms with Gasteiger partial charge in [0, 0.05) is 25.7 Å². The molecule has 1 N–H and O–H groups in total. The van der Waals surface area contributed by atoms with Gasteiger partial charge in [-0.1, -0.05) is 12.7 Å². The van der Waals surface area contributed by atoms with Gasteiger partial charge in [-0.15, -0.1) is 6.58 Å². The molecule has 24 heavy (non-hydrogen) atoms. The average Bonchev–Trinajstić information content (AvgIpc) is 2.50. The van der Waals surface area contributed by atoms with Crippen molar-refractivity contribution in [1.29, 1.82) is 0 Å². The number of aliphatic hydroxyl groups is 1. The molecule has 1 saturated heterocycles. The van der Waals surface area contributed by atoms with Crippen molar-refractivity contribution in [3.8, 4) is 0 Å². The zero-order valence-electron chi connectivity index (χ0n) is 12.8. The maximum absolute atomic E-state index is 11.9. The Labute approximate surface area is 137 Å². The third-order valence-corrected chi connectivity index (χ3v) is 4.31. The van der Waals surface area contributed by atoms with Gasteiger partial charge in [0.2, 0.25) is 0 Å². The van der Waals surface area contributed by atoms with E-state index in [0.29, 0.717) is 0 Å². The number of carbonyl (C=O) groups is 3. The highest BCUT2D eigenvalue weighted by Gasteiger charge is 2.56. The van der Waals surface area contributed by atoms with E-state index < -0.39 is 41.3 Å². The molecule has 2 heterocycles. The maximum atomic E-state index is 11.9. The van der Waals surface area contributed by atoms with Crippen LogP contribution in [0.2, 0.25) is 0 Å². The molecule has 0 unspecified atom stereocenters. The van der Waals surface area contributed by atoms with Gasteiger partial charge < -0.3 is 24.1 Å². The summed E-state index contributed by atoms with van der Waals surface area (Å²) < 4.78 is 21.2. The summed E-state index contributed by atoms with van der Waals surface area (Å²) in [5.74, 6) is -6.71. The van der Waals surface area contributed by atoms with Crippen LogP contribution in [0.15, 0.2) is 36.8 Å². The van der Waals surface area contributed by atoms with Crippen molar-refractivity contribution < 1.29 is 38.4 Å². The zero-order valence-corrected chi connectivity index (χ0v) is 12.8. The van der Waals surface area contributed by atoms with Gasteiger partial charge in [0.1, 0.15) is 5.57 Å². The lowest BCUT2D eigenvalue weighted by Gasteiger charge is -2.46. The Morgan fingerprint density at radius 1 is 0.917 bits per heavy atom. The van der Waals surface area contributed by atoms with Crippen LogP contribution in [-0.4, -0.2) is 34.6 Å². The second kappa shape index (κ2) is 5.40. The Kier molecular flexibility index (Phi) is 3.62. The largest absolute Gasteiger partial charge is 0.480 e. The molecule has 0 radical (unpaired) electrons. The third kappa shape index (κ3) is 2.44. The molecule has 2 fully saturated rings. The quantitative estimate of drug-likeness (QED) is 0.458. The second-order valence-corrected chi connectivity index (χ2v) is 5.79. The van der Waals surface area contributed by atoms with Crippen LogP contribution < -0.4 is 0 Å². The summed E-state index contributed by atoms with van der Waals surface area (Å²) in [5.41, 5.74) is -0.162. The van der Waals surface area contributed by atoms with E-state index >= 15 is 0 Å². The molecule has 0 aromatic rings. The van der Waals surface area contributed by atoms with Gasteiger partial charge in [-0.25, -0.2) is 4.79 Å². The van der Waals surface area contributed by atoms with Crippen molar-refractivity contribution in [3.05, 3.63) is 36.8 Å². The summed E-state index contributed by atoms with van der Waals surface area (Å²) in [4.78, 5) is 35.7. The van der Waals surface area contributed by atoms with Crippen LogP contribution in [0.25, 0.3) is 0 Å². The molecule has 1 aliphatic carbocycles. The molecule has 0 atom stereocenters. The van der Waals surface area contributed by atoms with Crippen molar-refractivity contribution in [1.82, 2.24) is 0 Å². The Bertz CT molecular complexity index is 646. The van der Waals surface area contributed by atoms with E-state index in [9.17, 15) is 19.5 Å². The van der Waals surface area contributed by atoms with Crippen LogP contribution in [0, 0.1) is 5.92 Å². The molecule has 3 aliphatic rings. The fourth-order valence-electron chi connectivity index (χ4n) is 2.96. The van der Waals surface area contributed by atoms with E-state index in [4.69, 9.17) is 18.9 Å². The number of ether oxygens (including phenoxy) is 4. The maximum Gasteiger partial charge on any atom is 0.348 e. The highest BCUT2D eigenvalue weighted by atomic mass is 16.8. The first kappa shape index (κ1) is 16.1. The number of aliphatic hydroxyl groups excluding tert-OH is 1. The van der Waals surface area contributed by atoms with E-state index in [1.807, 2.05) is 0 Å².